The van der Waals surface area contributed by atoms with E-state index in [2.05, 4.69) is 0 Å². The molecule has 1 rings (SSSR count). The van der Waals surface area contributed by atoms with Crippen molar-refractivity contribution < 1.29 is 14.3 Å². The zero-order chi connectivity index (χ0) is 8.81. The van der Waals surface area contributed by atoms with Crippen molar-refractivity contribution in [3.63, 3.8) is 0 Å². The number of epoxide rings is 1. The van der Waals surface area contributed by atoms with E-state index < -0.39 is 0 Å². The standard InChI is InChI=1S/C9H12O3/c1-2-3-4-5-9(10)12-7-8-6-11-8/h2-5,8H,6-7H2,1H3. The van der Waals surface area contributed by atoms with Gasteiger partial charge in [-0.3, -0.25) is 0 Å². The monoisotopic (exact) mass is 168 g/mol. The zero-order valence-electron chi connectivity index (χ0n) is 7.03. The zero-order valence-corrected chi connectivity index (χ0v) is 7.03. The maximum absolute atomic E-state index is 10.9. The van der Waals surface area contributed by atoms with Crippen molar-refractivity contribution in [3.05, 3.63) is 24.3 Å². The van der Waals surface area contributed by atoms with Gasteiger partial charge in [0.15, 0.2) is 0 Å². The number of hydrogen-bond donors (Lipinski definition) is 0. The lowest BCUT2D eigenvalue weighted by atomic mass is 10.4. The van der Waals surface area contributed by atoms with Gasteiger partial charge in [-0.1, -0.05) is 18.2 Å². The van der Waals surface area contributed by atoms with E-state index in [9.17, 15) is 4.79 Å². The highest BCUT2D eigenvalue weighted by atomic mass is 16.6. The van der Waals surface area contributed by atoms with Gasteiger partial charge in [0.1, 0.15) is 12.7 Å². The van der Waals surface area contributed by atoms with Crippen LogP contribution in [0, 0.1) is 0 Å². The third kappa shape index (κ3) is 3.93. The first kappa shape index (κ1) is 9.00. The normalized spacial score (nSPS) is 21.9. The highest BCUT2D eigenvalue weighted by Crippen LogP contribution is 2.08. The van der Waals surface area contributed by atoms with Crippen LogP contribution in [0.4, 0.5) is 0 Å². The van der Waals surface area contributed by atoms with E-state index in [0.717, 1.165) is 0 Å². The second-order valence-electron chi connectivity index (χ2n) is 2.47. The summed E-state index contributed by atoms with van der Waals surface area (Å²) in [5.41, 5.74) is 0. The topological polar surface area (TPSA) is 38.8 Å². The lowest BCUT2D eigenvalue weighted by Crippen LogP contribution is -2.06. The van der Waals surface area contributed by atoms with Crippen LogP contribution in [0.3, 0.4) is 0 Å². The van der Waals surface area contributed by atoms with Gasteiger partial charge in [0.25, 0.3) is 0 Å². The van der Waals surface area contributed by atoms with Crippen LogP contribution < -0.4 is 0 Å². The van der Waals surface area contributed by atoms with Crippen LogP contribution in [0.2, 0.25) is 0 Å². The fourth-order valence-electron chi connectivity index (χ4n) is 0.633. The van der Waals surface area contributed by atoms with Gasteiger partial charge in [0.05, 0.1) is 6.61 Å². The Morgan fingerprint density at radius 3 is 3.00 bits per heavy atom. The Kier molecular flexibility index (Phi) is 3.54. The number of carbonyl (C=O) groups is 1. The molecule has 3 nitrogen and oxygen atoms in total. The van der Waals surface area contributed by atoms with Gasteiger partial charge >= 0.3 is 5.97 Å². The fraction of sp³-hybridized carbons (Fsp3) is 0.444. The van der Waals surface area contributed by atoms with Crippen LogP contribution >= 0.6 is 0 Å². The smallest absolute Gasteiger partial charge is 0.330 e. The van der Waals surface area contributed by atoms with Crippen LogP contribution in [0.25, 0.3) is 0 Å². The number of carbonyl (C=O) groups excluding carboxylic acids is 1. The van der Waals surface area contributed by atoms with Gasteiger partial charge in [-0.25, -0.2) is 4.79 Å². The summed E-state index contributed by atoms with van der Waals surface area (Å²) in [7, 11) is 0. The van der Waals surface area contributed by atoms with Crippen molar-refractivity contribution in [2.75, 3.05) is 13.2 Å². The number of esters is 1. The Morgan fingerprint density at radius 1 is 1.67 bits per heavy atom. The van der Waals surface area contributed by atoms with Gasteiger partial charge in [-0.2, -0.15) is 0 Å². The molecule has 0 radical (unpaired) electrons. The minimum absolute atomic E-state index is 0.143. The Hall–Kier alpha value is -1.09. The second-order valence-corrected chi connectivity index (χ2v) is 2.47. The average Bonchev–Trinajstić information content (AvgIpc) is 2.84. The molecule has 3 heteroatoms. The third-order valence-electron chi connectivity index (χ3n) is 1.35. The molecule has 1 fully saturated rings. The molecular weight excluding hydrogens is 156 g/mol. The first-order chi connectivity index (χ1) is 5.83. The molecule has 0 bridgehead atoms. The van der Waals surface area contributed by atoms with Crippen LogP contribution in [0.1, 0.15) is 6.92 Å². The molecule has 0 N–H and O–H groups in total. The molecule has 0 aromatic heterocycles. The molecule has 1 saturated heterocycles. The molecule has 12 heavy (non-hydrogen) atoms. The van der Waals surface area contributed by atoms with Crippen LogP contribution in [-0.4, -0.2) is 25.3 Å². The maximum atomic E-state index is 10.9. The van der Waals surface area contributed by atoms with Gasteiger partial charge in [0, 0.05) is 6.08 Å². The van der Waals surface area contributed by atoms with Crippen molar-refractivity contribution >= 4 is 5.97 Å². The molecule has 0 aromatic carbocycles. The fourth-order valence-corrected chi connectivity index (χ4v) is 0.633. The van der Waals surface area contributed by atoms with Crippen LogP contribution in [-0.2, 0) is 14.3 Å². The molecule has 66 valence electrons. The lowest BCUT2D eigenvalue weighted by Gasteiger charge is -1.95. The largest absolute Gasteiger partial charge is 0.460 e. The molecule has 0 saturated carbocycles. The number of ether oxygens (including phenoxy) is 2. The summed E-state index contributed by atoms with van der Waals surface area (Å²) in [4.78, 5) is 10.9. The highest BCUT2D eigenvalue weighted by molar-refractivity contribution is 5.82. The van der Waals surface area contributed by atoms with Crippen molar-refractivity contribution in [3.8, 4) is 0 Å². The summed E-state index contributed by atoms with van der Waals surface area (Å²) in [6, 6.07) is 0. The summed E-state index contributed by atoms with van der Waals surface area (Å²) in [5.74, 6) is -0.316. The molecule has 0 aromatic rings. The van der Waals surface area contributed by atoms with E-state index in [0.29, 0.717) is 13.2 Å². The first-order valence-corrected chi connectivity index (χ1v) is 3.90. The van der Waals surface area contributed by atoms with E-state index in [4.69, 9.17) is 9.47 Å². The van der Waals surface area contributed by atoms with E-state index in [1.54, 1.807) is 12.2 Å². The molecule has 1 aliphatic rings. The number of allylic oxidation sites excluding steroid dienone is 3. The minimum Gasteiger partial charge on any atom is -0.460 e. The van der Waals surface area contributed by atoms with Crippen molar-refractivity contribution in [1.82, 2.24) is 0 Å². The Balaban J connectivity index is 2.09. The first-order valence-electron chi connectivity index (χ1n) is 3.90. The predicted octanol–water partition coefficient (Wildman–Crippen LogP) is 1.06. The Labute approximate surface area is 71.7 Å². The number of hydrogen-bond acceptors (Lipinski definition) is 3. The van der Waals surface area contributed by atoms with Gasteiger partial charge in [0.2, 0.25) is 0 Å². The quantitative estimate of drug-likeness (QED) is 0.273. The SMILES string of the molecule is CC=CC=CC(=O)OCC1CO1. The van der Waals surface area contributed by atoms with Crippen molar-refractivity contribution in [1.29, 1.82) is 0 Å². The average molecular weight is 168 g/mol. The second kappa shape index (κ2) is 4.72. The number of rotatable bonds is 4. The molecule has 1 atom stereocenters. The van der Waals surface area contributed by atoms with Gasteiger partial charge in [-0.05, 0) is 6.92 Å². The minimum atomic E-state index is -0.316. The van der Waals surface area contributed by atoms with Crippen molar-refractivity contribution in [2.45, 2.75) is 13.0 Å². The molecular formula is C9H12O3. The Morgan fingerprint density at radius 2 is 2.42 bits per heavy atom. The molecule has 0 spiro atoms. The van der Waals surface area contributed by atoms with Crippen LogP contribution in [0.15, 0.2) is 24.3 Å². The maximum Gasteiger partial charge on any atom is 0.330 e. The summed E-state index contributed by atoms with van der Waals surface area (Å²) in [6.07, 6.45) is 6.80. The summed E-state index contributed by atoms with van der Waals surface area (Å²) >= 11 is 0. The van der Waals surface area contributed by atoms with E-state index in [1.165, 1.54) is 6.08 Å². The van der Waals surface area contributed by atoms with Gasteiger partial charge in [-0.15, -0.1) is 0 Å². The highest BCUT2D eigenvalue weighted by Gasteiger charge is 2.23. The summed E-state index contributed by atoms with van der Waals surface area (Å²) < 4.78 is 9.70. The lowest BCUT2D eigenvalue weighted by molar-refractivity contribution is -0.138. The van der Waals surface area contributed by atoms with E-state index in [1.807, 2.05) is 13.0 Å². The van der Waals surface area contributed by atoms with E-state index in [-0.39, 0.29) is 12.1 Å². The molecule has 1 unspecified atom stereocenters. The third-order valence-corrected chi connectivity index (χ3v) is 1.35. The van der Waals surface area contributed by atoms with Gasteiger partial charge < -0.3 is 9.47 Å². The molecule has 1 heterocycles. The van der Waals surface area contributed by atoms with E-state index >= 15 is 0 Å². The predicted molar refractivity (Wildman–Crippen MR) is 44.7 cm³/mol. The molecule has 0 aliphatic carbocycles. The summed E-state index contributed by atoms with van der Waals surface area (Å²) in [5, 5.41) is 0. The van der Waals surface area contributed by atoms with Crippen LogP contribution in [0.5, 0.6) is 0 Å². The summed E-state index contributed by atoms with van der Waals surface area (Å²) in [6.45, 7) is 2.97. The van der Waals surface area contributed by atoms with Crippen molar-refractivity contribution in [2.24, 2.45) is 0 Å². The molecule has 1 aliphatic heterocycles. The molecule has 0 amide bonds. The Bertz CT molecular complexity index is 202.